The zero-order valence-corrected chi connectivity index (χ0v) is 15.9. The van der Waals surface area contributed by atoms with Gasteiger partial charge in [0.25, 0.3) is 5.91 Å². The van der Waals surface area contributed by atoms with Gasteiger partial charge < -0.3 is 10.1 Å². The Hall–Kier alpha value is -3.00. The third-order valence-electron chi connectivity index (χ3n) is 3.74. The molecule has 27 heavy (non-hydrogen) atoms. The van der Waals surface area contributed by atoms with E-state index in [9.17, 15) is 22.8 Å². The van der Waals surface area contributed by atoms with Crippen LogP contribution in [0.3, 0.4) is 0 Å². The van der Waals surface area contributed by atoms with Gasteiger partial charge >= 0.3 is 5.97 Å². The fourth-order valence-corrected chi connectivity index (χ4v) is 2.88. The summed E-state index contributed by atoms with van der Waals surface area (Å²) >= 11 is 0. The Kier molecular flexibility index (Phi) is 6.12. The highest BCUT2D eigenvalue weighted by Gasteiger charge is 2.21. The minimum absolute atomic E-state index is 0.0747. The maximum Gasteiger partial charge on any atom is 0.338 e. The van der Waals surface area contributed by atoms with Crippen LogP contribution in [0.5, 0.6) is 0 Å². The molecular formula is C19H19NO6S. The minimum atomic E-state index is -3.37. The molecule has 0 fully saturated rings. The van der Waals surface area contributed by atoms with Gasteiger partial charge in [-0.25, -0.2) is 13.2 Å². The van der Waals surface area contributed by atoms with Gasteiger partial charge in [-0.2, -0.15) is 0 Å². The summed E-state index contributed by atoms with van der Waals surface area (Å²) in [5, 5.41) is 2.56. The number of anilines is 1. The highest BCUT2D eigenvalue weighted by Crippen LogP contribution is 2.17. The number of hydrogen-bond acceptors (Lipinski definition) is 6. The van der Waals surface area contributed by atoms with Gasteiger partial charge in [-0.3, -0.25) is 9.59 Å². The lowest BCUT2D eigenvalue weighted by atomic mass is 10.1. The van der Waals surface area contributed by atoms with Crippen molar-refractivity contribution in [1.29, 1.82) is 0 Å². The van der Waals surface area contributed by atoms with E-state index in [0.29, 0.717) is 11.3 Å². The van der Waals surface area contributed by atoms with E-state index in [0.717, 1.165) is 6.26 Å². The molecule has 142 valence electrons. The Morgan fingerprint density at radius 1 is 1.00 bits per heavy atom. The number of Topliss-reactive ketones (excluding diaryl/α,β-unsaturated/α-hetero) is 1. The zero-order valence-electron chi connectivity index (χ0n) is 15.1. The average Bonchev–Trinajstić information content (AvgIpc) is 2.61. The minimum Gasteiger partial charge on any atom is -0.449 e. The first-order chi connectivity index (χ1) is 12.6. The van der Waals surface area contributed by atoms with Crippen molar-refractivity contribution in [2.24, 2.45) is 0 Å². The van der Waals surface area contributed by atoms with Crippen molar-refractivity contribution in [2.75, 3.05) is 11.6 Å². The van der Waals surface area contributed by atoms with Gasteiger partial charge in [0.1, 0.15) is 0 Å². The number of para-hydroxylation sites is 1. The lowest BCUT2D eigenvalue weighted by molar-refractivity contribution is -0.123. The standard InChI is InChI=1S/C19H19NO6S/c1-12(21)16-6-4-5-7-17(16)20-18(22)13(2)26-19(23)14-8-10-15(11-9-14)27(3,24)25/h4-11,13H,1-3H3,(H,20,22)/t13-/m0/s1. The number of carbonyl (C=O) groups is 3. The van der Waals surface area contributed by atoms with Gasteiger partial charge in [-0.05, 0) is 50.2 Å². The first-order valence-corrected chi connectivity index (χ1v) is 9.90. The van der Waals surface area contributed by atoms with Gasteiger partial charge in [0.2, 0.25) is 0 Å². The molecule has 0 saturated heterocycles. The molecule has 0 aromatic heterocycles. The number of rotatable bonds is 6. The van der Waals surface area contributed by atoms with Gasteiger partial charge in [0.05, 0.1) is 16.1 Å². The summed E-state index contributed by atoms with van der Waals surface area (Å²) in [7, 11) is -3.37. The van der Waals surface area contributed by atoms with Crippen LogP contribution in [0.1, 0.15) is 34.6 Å². The predicted octanol–water partition coefficient (Wildman–Crippen LogP) is 2.48. The third-order valence-corrected chi connectivity index (χ3v) is 4.86. The maximum atomic E-state index is 12.3. The quantitative estimate of drug-likeness (QED) is 0.601. The Balaban J connectivity index is 2.06. The Morgan fingerprint density at radius 2 is 1.59 bits per heavy atom. The fraction of sp³-hybridized carbons (Fsp3) is 0.211. The number of nitrogens with one attached hydrogen (secondary N) is 1. The maximum absolute atomic E-state index is 12.3. The monoisotopic (exact) mass is 389 g/mol. The van der Waals surface area contributed by atoms with E-state index in [1.165, 1.54) is 38.1 Å². The van der Waals surface area contributed by atoms with E-state index in [-0.39, 0.29) is 16.2 Å². The number of hydrogen-bond donors (Lipinski definition) is 1. The topological polar surface area (TPSA) is 107 Å². The van der Waals surface area contributed by atoms with Crippen LogP contribution in [-0.4, -0.2) is 38.4 Å². The van der Waals surface area contributed by atoms with Gasteiger partial charge in [-0.1, -0.05) is 12.1 Å². The first-order valence-electron chi connectivity index (χ1n) is 8.01. The van der Waals surface area contributed by atoms with Crippen LogP contribution in [0.2, 0.25) is 0 Å². The summed E-state index contributed by atoms with van der Waals surface area (Å²) in [5.41, 5.74) is 0.794. The van der Waals surface area contributed by atoms with Crippen LogP contribution >= 0.6 is 0 Å². The number of esters is 1. The number of ether oxygens (including phenoxy) is 1. The largest absolute Gasteiger partial charge is 0.449 e. The molecule has 1 atom stereocenters. The van der Waals surface area contributed by atoms with E-state index in [1.54, 1.807) is 24.3 Å². The molecule has 7 nitrogen and oxygen atoms in total. The molecule has 8 heteroatoms. The molecule has 0 heterocycles. The number of amides is 1. The lowest BCUT2D eigenvalue weighted by Crippen LogP contribution is -2.30. The molecule has 0 bridgehead atoms. The Morgan fingerprint density at radius 3 is 2.15 bits per heavy atom. The highest BCUT2D eigenvalue weighted by atomic mass is 32.2. The van der Waals surface area contributed by atoms with Crippen molar-refractivity contribution in [1.82, 2.24) is 0 Å². The molecule has 2 aromatic rings. The summed E-state index contributed by atoms with van der Waals surface area (Å²) in [6, 6.07) is 11.7. The zero-order chi connectivity index (χ0) is 20.2. The molecule has 0 radical (unpaired) electrons. The number of sulfone groups is 1. The number of benzene rings is 2. The van der Waals surface area contributed by atoms with Crippen LogP contribution in [-0.2, 0) is 19.4 Å². The van der Waals surface area contributed by atoms with E-state index >= 15 is 0 Å². The van der Waals surface area contributed by atoms with Crippen LogP contribution in [0, 0.1) is 0 Å². The number of ketones is 1. The van der Waals surface area contributed by atoms with Crippen LogP contribution in [0.4, 0.5) is 5.69 Å². The van der Waals surface area contributed by atoms with Crippen LogP contribution < -0.4 is 5.32 Å². The SMILES string of the molecule is CC(=O)c1ccccc1NC(=O)[C@H](C)OC(=O)c1ccc(S(C)(=O)=O)cc1. The van der Waals surface area contributed by atoms with E-state index in [1.807, 2.05) is 0 Å². The molecule has 0 aliphatic carbocycles. The molecule has 0 aliphatic rings. The molecule has 1 amide bonds. The van der Waals surface area contributed by atoms with Crippen molar-refractivity contribution in [3.8, 4) is 0 Å². The molecule has 0 unspecified atom stereocenters. The smallest absolute Gasteiger partial charge is 0.338 e. The van der Waals surface area contributed by atoms with Crippen LogP contribution in [0.25, 0.3) is 0 Å². The highest BCUT2D eigenvalue weighted by molar-refractivity contribution is 7.90. The summed E-state index contributed by atoms with van der Waals surface area (Å²) in [4.78, 5) is 36.1. The number of carbonyl (C=O) groups excluding carboxylic acids is 3. The molecule has 0 saturated carbocycles. The predicted molar refractivity (Wildman–Crippen MR) is 99.5 cm³/mol. The summed E-state index contributed by atoms with van der Waals surface area (Å²) in [6.07, 6.45) is -0.0573. The Bertz CT molecular complexity index is 980. The van der Waals surface area contributed by atoms with Crippen molar-refractivity contribution in [2.45, 2.75) is 24.8 Å². The summed E-state index contributed by atoms with van der Waals surface area (Å²) < 4.78 is 28.0. The normalized spacial score (nSPS) is 12.1. The molecular weight excluding hydrogens is 370 g/mol. The second-order valence-electron chi connectivity index (χ2n) is 5.94. The molecule has 1 N–H and O–H groups in total. The van der Waals surface area contributed by atoms with E-state index in [4.69, 9.17) is 4.74 Å². The molecule has 0 aliphatic heterocycles. The lowest BCUT2D eigenvalue weighted by Gasteiger charge is -2.15. The van der Waals surface area contributed by atoms with Crippen molar-refractivity contribution < 1.29 is 27.5 Å². The van der Waals surface area contributed by atoms with Gasteiger partial charge in [-0.15, -0.1) is 0 Å². The summed E-state index contributed by atoms with van der Waals surface area (Å²) in [5.74, 6) is -1.57. The van der Waals surface area contributed by atoms with Crippen LogP contribution in [0.15, 0.2) is 53.4 Å². The molecule has 2 rings (SSSR count). The molecule has 2 aromatic carbocycles. The third kappa shape index (κ3) is 5.24. The second-order valence-corrected chi connectivity index (χ2v) is 7.95. The van der Waals surface area contributed by atoms with E-state index in [2.05, 4.69) is 5.32 Å². The van der Waals surface area contributed by atoms with Crippen molar-refractivity contribution >= 4 is 33.2 Å². The Labute approximate surface area is 157 Å². The van der Waals surface area contributed by atoms with Gasteiger partial charge in [0, 0.05) is 11.8 Å². The second kappa shape index (κ2) is 8.13. The van der Waals surface area contributed by atoms with Gasteiger partial charge in [0.15, 0.2) is 21.7 Å². The molecule has 0 spiro atoms. The first kappa shape index (κ1) is 20.3. The van der Waals surface area contributed by atoms with Crippen molar-refractivity contribution in [3.05, 3.63) is 59.7 Å². The fourth-order valence-electron chi connectivity index (χ4n) is 2.25. The summed E-state index contributed by atoms with van der Waals surface area (Å²) in [6.45, 7) is 2.78. The van der Waals surface area contributed by atoms with Crippen molar-refractivity contribution in [3.63, 3.8) is 0 Å². The average molecular weight is 389 g/mol. The van der Waals surface area contributed by atoms with E-state index < -0.39 is 27.8 Å².